The first kappa shape index (κ1) is 12.8. The highest BCUT2D eigenvalue weighted by Gasteiger charge is 2.18. The lowest BCUT2D eigenvalue weighted by molar-refractivity contribution is -0.107. The van der Waals surface area contributed by atoms with Gasteiger partial charge in [-0.1, -0.05) is 0 Å². The number of hydrogen-bond acceptors (Lipinski definition) is 4. The zero-order chi connectivity index (χ0) is 12.1. The number of carbonyl (C=O) groups excluding carboxylic acids is 1. The van der Waals surface area contributed by atoms with Crippen LogP contribution < -0.4 is 14.2 Å². The molecule has 0 N–H and O–H groups in total. The molecule has 1 aromatic carbocycles. The fourth-order valence-corrected chi connectivity index (χ4v) is 1.76. The Morgan fingerprint density at radius 3 is 1.94 bits per heavy atom. The summed E-state index contributed by atoms with van der Waals surface area (Å²) < 4.78 is 15.6. The molecule has 0 radical (unpaired) electrons. The average Bonchev–Trinajstić information content (AvgIpc) is 2.35. The minimum atomic E-state index is -0.365. The number of benzene rings is 1. The van der Waals surface area contributed by atoms with Crippen molar-refractivity contribution in [2.75, 3.05) is 21.3 Å². The van der Waals surface area contributed by atoms with E-state index in [4.69, 9.17) is 14.2 Å². The van der Waals surface area contributed by atoms with Gasteiger partial charge in [-0.25, -0.2) is 0 Å². The fourth-order valence-electron chi connectivity index (χ4n) is 1.43. The SMILES string of the molecule is COc1cc(OC)c(C(P)C=O)c(OC)c1. The maximum absolute atomic E-state index is 10.8. The molecule has 0 bridgehead atoms. The monoisotopic (exact) mass is 242 g/mol. The molecule has 0 aromatic heterocycles. The van der Waals surface area contributed by atoms with Crippen molar-refractivity contribution >= 4 is 15.5 Å². The summed E-state index contributed by atoms with van der Waals surface area (Å²) in [5.74, 6) is 1.77. The molecule has 0 spiro atoms. The first-order chi connectivity index (χ1) is 7.67. The number of rotatable bonds is 5. The van der Waals surface area contributed by atoms with Crippen LogP contribution in [0.4, 0.5) is 0 Å². The molecule has 0 aliphatic rings. The standard InChI is InChI=1S/C11H15O4P/c1-13-7-4-8(14-2)11(10(16)6-12)9(5-7)15-3/h4-6,10H,16H2,1-3H3. The predicted octanol–water partition coefficient (Wildman–Crippen LogP) is 1.83. The molecule has 1 aromatic rings. The first-order valence-electron chi connectivity index (χ1n) is 4.68. The molecule has 0 heterocycles. The van der Waals surface area contributed by atoms with Gasteiger partial charge in [-0.15, -0.1) is 9.24 Å². The van der Waals surface area contributed by atoms with Crippen LogP contribution in [0.1, 0.15) is 11.2 Å². The minimum Gasteiger partial charge on any atom is -0.496 e. The van der Waals surface area contributed by atoms with E-state index in [1.165, 1.54) is 0 Å². The zero-order valence-electron chi connectivity index (χ0n) is 9.52. The van der Waals surface area contributed by atoms with Gasteiger partial charge in [0.1, 0.15) is 23.5 Å². The molecule has 16 heavy (non-hydrogen) atoms. The van der Waals surface area contributed by atoms with Crippen LogP contribution in [0.3, 0.4) is 0 Å². The Bertz CT molecular complexity index is 353. The first-order valence-corrected chi connectivity index (χ1v) is 5.35. The van der Waals surface area contributed by atoms with E-state index in [1.807, 2.05) is 0 Å². The van der Waals surface area contributed by atoms with Crippen LogP contribution in [-0.2, 0) is 4.79 Å². The molecule has 0 aliphatic carbocycles. The van der Waals surface area contributed by atoms with Gasteiger partial charge in [-0.05, 0) is 0 Å². The van der Waals surface area contributed by atoms with Crippen molar-refractivity contribution in [1.29, 1.82) is 0 Å². The molecule has 5 heteroatoms. The molecular weight excluding hydrogens is 227 g/mol. The predicted molar refractivity (Wildman–Crippen MR) is 64.6 cm³/mol. The topological polar surface area (TPSA) is 44.8 Å². The summed E-state index contributed by atoms with van der Waals surface area (Å²) in [5, 5.41) is 0. The molecule has 1 rings (SSSR count). The van der Waals surface area contributed by atoms with Crippen molar-refractivity contribution in [3.05, 3.63) is 17.7 Å². The average molecular weight is 242 g/mol. The van der Waals surface area contributed by atoms with Crippen molar-refractivity contribution in [1.82, 2.24) is 0 Å². The van der Waals surface area contributed by atoms with E-state index in [9.17, 15) is 4.79 Å². The Morgan fingerprint density at radius 1 is 1.12 bits per heavy atom. The Hall–Kier alpha value is -1.28. The smallest absolute Gasteiger partial charge is 0.131 e. The van der Waals surface area contributed by atoms with Crippen molar-refractivity contribution in [2.45, 2.75) is 5.66 Å². The largest absolute Gasteiger partial charge is 0.496 e. The van der Waals surface area contributed by atoms with Gasteiger partial charge in [0.25, 0.3) is 0 Å². The van der Waals surface area contributed by atoms with Crippen LogP contribution in [0.15, 0.2) is 12.1 Å². The van der Waals surface area contributed by atoms with Gasteiger partial charge in [0.05, 0.1) is 32.6 Å². The number of methoxy groups -OCH3 is 3. The highest BCUT2D eigenvalue weighted by molar-refractivity contribution is 7.18. The third kappa shape index (κ3) is 2.45. The molecule has 0 aliphatic heterocycles. The van der Waals surface area contributed by atoms with E-state index >= 15 is 0 Å². The molecule has 2 unspecified atom stereocenters. The second-order valence-corrected chi connectivity index (χ2v) is 3.83. The maximum atomic E-state index is 10.8. The highest BCUT2D eigenvalue weighted by Crippen LogP contribution is 2.40. The van der Waals surface area contributed by atoms with Crippen molar-refractivity contribution in [3.8, 4) is 17.2 Å². The summed E-state index contributed by atoms with van der Waals surface area (Å²) >= 11 is 0. The molecule has 0 saturated heterocycles. The number of ether oxygens (including phenoxy) is 3. The van der Waals surface area contributed by atoms with E-state index in [0.717, 1.165) is 6.29 Å². The summed E-state index contributed by atoms with van der Waals surface area (Å²) in [6.07, 6.45) is 0.817. The lowest BCUT2D eigenvalue weighted by Gasteiger charge is -2.16. The van der Waals surface area contributed by atoms with Gasteiger partial charge in [0.15, 0.2) is 0 Å². The van der Waals surface area contributed by atoms with Gasteiger partial charge in [-0.3, -0.25) is 0 Å². The van der Waals surface area contributed by atoms with Crippen LogP contribution in [0.25, 0.3) is 0 Å². The minimum absolute atomic E-state index is 0.365. The van der Waals surface area contributed by atoms with Gasteiger partial charge in [-0.2, -0.15) is 0 Å². The third-order valence-corrected chi connectivity index (χ3v) is 2.72. The lowest BCUT2D eigenvalue weighted by Crippen LogP contribution is -2.01. The van der Waals surface area contributed by atoms with E-state index < -0.39 is 0 Å². The van der Waals surface area contributed by atoms with Gasteiger partial charge in [0.2, 0.25) is 0 Å². The van der Waals surface area contributed by atoms with Crippen molar-refractivity contribution < 1.29 is 19.0 Å². The van der Waals surface area contributed by atoms with E-state index in [2.05, 4.69) is 9.24 Å². The number of aldehydes is 1. The molecular formula is C11H15O4P. The summed E-state index contributed by atoms with van der Waals surface area (Å²) in [7, 11) is 7.08. The van der Waals surface area contributed by atoms with Crippen molar-refractivity contribution in [3.63, 3.8) is 0 Å². The van der Waals surface area contributed by atoms with Gasteiger partial charge in [0, 0.05) is 12.1 Å². The molecule has 0 fully saturated rings. The summed E-state index contributed by atoms with van der Waals surface area (Å²) in [6, 6.07) is 3.44. The van der Waals surface area contributed by atoms with Crippen LogP contribution in [-0.4, -0.2) is 27.6 Å². The normalized spacial score (nSPS) is 11.8. The van der Waals surface area contributed by atoms with Crippen molar-refractivity contribution in [2.24, 2.45) is 0 Å². The second-order valence-electron chi connectivity index (χ2n) is 3.11. The Labute approximate surface area is 97.1 Å². The molecule has 88 valence electrons. The van der Waals surface area contributed by atoms with Crippen LogP contribution in [0, 0.1) is 0 Å². The molecule has 2 atom stereocenters. The summed E-state index contributed by atoms with van der Waals surface area (Å²) in [5.41, 5.74) is 0.335. The quantitative estimate of drug-likeness (QED) is 0.583. The van der Waals surface area contributed by atoms with Gasteiger partial charge >= 0.3 is 0 Å². The second kappa shape index (κ2) is 5.71. The van der Waals surface area contributed by atoms with Crippen LogP contribution in [0.5, 0.6) is 17.2 Å². The van der Waals surface area contributed by atoms with E-state index in [-0.39, 0.29) is 5.66 Å². The Balaban J connectivity index is 3.36. The molecule has 0 amide bonds. The van der Waals surface area contributed by atoms with Crippen LogP contribution >= 0.6 is 9.24 Å². The molecule has 4 nitrogen and oxygen atoms in total. The third-order valence-electron chi connectivity index (χ3n) is 2.23. The van der Waals surface area contributed by atoms with Crippen LogP contribution in [0.2, 0.25) is 0 Å². The summed E-state index contributed by atoms with van der Waals surface area (Å²) in [6.45, 7) is 0. The van der Waals surface area contributed by atoms with Gasteiger partial charge < -0.3 is 19.0 Å². The number of carbonyl (C=O) groups is 1. The van der Waals surface area contributed by atoms with E-state index in [0.29, 0.717) is 22.8 Å². The Morgan fingerprint density at radius 2 is 1.62 bits per heavy atom. The zero-order valence-corrected chi connectivity index (χ0v) is 10.7. The Kier molecular flexibility index (Phi) is 4.56. The fraction of sp³-hybridized carbons (Fsp3) is 0.364. The molecule has 0 saturated carbocycles. The number of hydrogen-bond donors (Lipinski definition) is 0. The summed E-state index contributed by atoms with van der Waals surface area (Å²) in [4.78, 5) is 10.8. The van der Waals surface area contributed by atoms with E-state index in [1.54, 1.807) is 33.5 Å². The maximum Gasteiger partial charge on any atom is 0.131 e. The highest BCUT2D eigenvalue weighted by atomic mass is 31.0. The lowest BCUT2D eigenvalue weighted by atomic mass is 10.1.